The molecule has 2 unspecified atom stereocenters. The van der Waals surface area contributed by atoms with Gasteiger partial charge in [0.1, 0.15) is 24.2 Å². The topological polar surface area (TPSA) is 157 Å². The highest BCUT2D eigenvalue weighted by molar-refractivity contribution is 5.95. The summed E-state index contributed by atoms with van der Waals surface area (Å²) in [6.45, 7) is 9.92. The summed E-state index contributed by atoms with van der Waals surface area (Å²) in [5, 5.41) is 4.88. The Labute approximate surface area is 205 Å². The van der Waals surface area contributed by atoms with Gasteiger partial charge in [0.2, 0.25) is 17.7 Å². The van der Waals surface area contributed by atoms with Gasteiger partial charge in [0.25, 0.3) is 0 Å². The van der Waals surface area contributed by atoms with Crippen molar-refractivity contribution in [1.29, 1.82) is 0 Å². The van der Waals surface area contributed by atoms with Crippen LogP contribution < -0.4 is 16.4 Å². The molecular formula is C24H36N4O7. The van der Waals surface area contributed by atoms with Crippen LogP contribution in [0.3, 0.4) is 0 Å². The summed E-state index contributed by atoms with van der Waals surface area (Å²) in [7, 11) is 1.19. The molecule has 4 N–H and O–H groups in total. The number of nitrogens with one attached hydrogen (secondary N) is 2. The highest BCUT2D eigenvalue weighted by Gasteiger charge is 2.37. The summed E-state index contributed by atoms with van der Waals surface area (Å²) in [6, 6.07) is 2.78. The van der Waals surface area contributed by atoms with Crippen LogP contribution >= 0.6 is 0 Å². The molecule has 4 amide bonds. The fraction of sp³-hybridized carbons (Fsp3) is 0.542. The molecule has 0 aliphatic heterocycles. The van der Waals surface area contributed by atoms with E-state index in [0.717, 1.165) is 11.1 Å². The van der Waals surface area contributed by atoms with Crippen LogP contribution in [0.4, 0.5) is 4.79 Å². The quantitative estimate of drug-likeness (QED) is 0.415. The molecule has 0 heterocycles. The fourth-order valence-corrected chi connectivity index (χ4v) is 3.37. The molecule has 0 radical (unpaired) electrons. The third-order valence-electron chi connectivity index (χ3n) is 5.15. The average molecular weight is 493 g/mol. The van der Waals surface area contributed by atoms with Gasteiger partial charge in [0.05, 0.1) is 13.5 Å². The number of hydrogen-bond donors (Lipinski definition) is 3. The number of nitrogens with two attached hydrogens (primary N) is 1. The van der Waals surface area contributed by atoms with Gasteiger partial charge in [-0.25, -0.2) is 4.79 Å². The molecule has 194 valence electrons. The molecule has 1 aromatic carbocycles. The van der Waals surface area contributed by atoms with E-state index >= 15 is 0 Å². The van der Waals surface area contributed by atoms with Gasteiger partial charge >= 0.3 is 12.1 Å². The van der Waals surface area contributed by atoms with E-state index in [1.54, 1.807) is 39.8 Å². The number of benzene rings is 1. The molecule has 2 atom stereocenters. The number of amides is 4. The molecule has 11 nitrogen and oxygen atoms in total. The summed E-state index contributed by atoms with van der Waals surface area (Å²) in [6.07, 6.45) is -1.41. The molecule has 0 saturated heterocycles. The van der Waals surface area contributed by atoms with E-state index in [0.29, 0.717) is 5.56 Å². The monoisotopic (exact) mass is 492 g/mol. The molecule has 0 fully saturated rings. The zero-order valence-corrected chi connectivity index (χ0v) is 21.4. The number of alkyl carbamates (subject to hydrolysis) is 1. The predicted octanol–water partition coefficient (Wildman–Crippen LogP) is 1.25. The van der Waals surface area contributed by atoms with Crippen LogP contribution in [0.2, 0.25) is 0 Å². The number of carbonyl (C=O) groups is 5. The van der Waals surface area contributed by atoms with Crippen LogP contribution in [0.15, 0.2) is 18.2 Å². The zero-order valence-electron chi connectivity index (χ0n) is 21.4. The van der Waals surface area contributed by atoms with Crippen molar-refractivity contribution in [2.75, 3.05) is 20.2 Å². The minimum atomic E-state index is -1.37. The molecule has 1 rings (SSSR count). The minimum absolute atomic E-state index is 0.0494. The molecule has 11 heteroatoms. The van der Waals surface area contributed by atoms with E-state index in [1.165, 1.54) is 12.0 Å². The van der Waals surface area contributed by atoms with Crippen LogP contribution in [0.25, 0.3) is 0 Å². The number of primary amides is 1. The smallest absolute Gasteiger partial charge is 0.408 e. The van der Waals surface area contributed by atoms with Crippen molar-refractivity contribution in [3.8, 4) is 0 Å². The van der Waals surface area contributed by atoms with E-state index in [1.807, 2.05) is 19.9 Å². The first-order chi connectivity index (χ1) is 16.2. The van der Waals surface area contributed by atoms with Crippen LogP contribution in [-0.4, -0.2) is 66.5 Å². The molecule has 35 heavy (non-hydrogen) atoms. The lowest BCUT2D eigenvalue weighted by molar-refractivity contribution is -0.145. The number of likely N-dealkylation sites (N-methyl/N-ethyl adjacent to an activating group) is 1. The maximum absolute atomic E-state index is 13.6. The minimum Gasteiger partial charge on any atom is -0.468 e. The number of rotatable bonds is 10. The van der Waals surface area contributed by atoms with E-state index in [-0.39, 0.29) is 6.54 Å². The van der Waals surface area contributed by atoms with Gasteiger partial charge in [0, 0.05) is 6.54 Å². The fourth-order valence-electron chi connectivity index (χ4n) is 3.37. The third kappa shape index (κ3) is 8.91. The molecule has 0 aliphatic carbocycles. The second-order valence-corrected chi connectivity index (χ2v) is 8.98. The number of nitrogens with zero attached hydrogens (tertiary/aromatic N) is 1. The second-order valence-electron chi connectivity index (χ2n) is 8.98. The first kappa shape index (κ1) is 29.4. The van der Waals surface area contributed by atoms with Crippen molar-refractivity contribution in [3.05, 3.63) is 34.9 Å². The normalized spacial score (nSPS) is 12.7. The van der Waals surface area contributed by atoms with Crippen molar-refractivity contribution >= 4 is 29.8 Å². The van der Waals surface area contributed by atoms with Crippen molar-refractivity contribution in [2.45, 2.75) is 65.6 Å². The summed E-state index contributed by atoms with van der Waals surface area (Å²) < 4.78 is 9.80. The van der Waals surface area contributed by atoms with Crippen LogP contribution in [0.1, 0.15) is 56.8 Å². The SMILES string of the molecule is CCN(C(=O)C(CC(N)=O)NC(=O)OC(C)(C)C)C(C(=O)NCC(=O)OC)c1cccc(C)c1C. The highest BCUT2D eigenvalue weighted by Crippen LogP contribution is 2.27. The van der Waals surface area contributed by atoms with E-state index in [4.69, 9.17) is 10.5 Å². The second kappa shape index (κ2) is 12.7. The lowest BCUT2D eigenvalue weighted by Gasteiger charge is -2.34. The Kier molecular flexibility index (Phi) is 10.7. The van der Waals surface area contributed by atoms with Crippen molar-refractivity contribution in [2.24, 2.45) is 5.73 Å². The van der Waals surface area contributed by atoms with Crippen molar-refractivity contribution < 1.29 is 33.4 Å². The van der Waals surface area contributed by atoms with Gasteiger partial charge in [-0.3, -0.25) is 19.2 Å². The number of ether oxygens (including phenoxy) is 2. The van der Waals surface area contributed by atoms with Gasteiger partial charge in [-0.2, -0.15) is 0 Å². The summed E-state index contributed by atoms with van der Waals surface area (Å²) in [5.41, 5.74) is 6.67. The summed E-state index contributed by atoms with van der Waals surface area (Å²) >= 11 is 0. The van der Waals surface area contributed by atoms with Crippen LogP contribution in [-0.2, 0) is 28.7 Å². The number of hydrogen-bond acceptors (Lipinski definition) is 7. The molecule has 0 spiro atoms. The van der Waals surface area contributed by atoms with Crippen molar-refractivity contribution in [3.63, 3.8) is 0 Å². The third-order valence-corrected chi connectivity index (χ3v) is 5.15. The Morgan fingerprint density at radius 3 is 2.26 bits per heavy atom. The molecule has 0 saturated carbocycles. The molecular weight excluding hydrogens is 456 g/mol. The molecule has 1 aromatic rings. The van der Waals surface area contributed by atoms with Gasteiger partial charge in [-0.15, -0.1) is 0 Å². The largest absolute Gasteiger partial charge is 0.468 e. The number of methoxy groups -OCH3 is 1. The van der Waals surface area contributed by atoms with Gasteiger partial charge in [0.15, 0.2) is 0 Å². The standard InChI is InChI=1S/C24H36N4O7/c1-8-28(22(32)17(12-18(25)29)27-23(33)35-24(4,5)6)20(21(31)26-13-19(30)34-7)16-11-9-10-14(2)15(16)3/h9-11,17,20H,8,12-13H2,1-7H3,(H2,25,29)(H,26,31)(H,27,33). The Bertz CT molecular complexity index is 956. The lowest BCUT2D eigenvalue weighted by atomic mass is 9.95. The zero-order chi connectivity index (χ0) is 26.9. The summed E-state index contributed by atoms with van der Waals surface area (Å²) in [5.74, 6) is -2.83. The number of aryl methyl sites for hydroxylation is 1. The average Bonchev–Trinajstić information content (AvgIpc) is 2.75. The van der Waals surface area contributed by atoms with Crippen molar-refractivity contribution in [1.82, 2.24) is 15.5 Å². The van der Waals surface area contributed by atoms with Gasteiger partial charge in [-0.05, 0) is 58.2 Å². The molecule has 0 bridgehead atoms. The van der Waals surface area contributed by atoms with E-state index < -0.39 is 60.4 Å². The molecule has 0 aromatic heterocycles. The van der Waals surface area contributed by atoms with Crippen LogP contribution in [0, 0.1) is 13.8 Å². The maximum Gasteiger partial charge on any atom is 0.408 e. The molecule has 0 aliphatic rings. The van der Waals surface area contributed by atoms with E-state index in [9.17, 15) is 24.0 Å². The Hall–Kier alpha value is -3.63. The Morgan fingerprint density at radius 1 is 1.11 bits per heavy atom. The first-order valence-electron chi connectivity index (χ1n) is 11.2. The lowest BCUT2D eigenvalue weighted by Crippen LogP contribution is -2.54. The van der Waals surface area contributed by atoms with Gasteiger partial charge in [-0.1, -0.05) is 18.2 Å². The maximum atomic E-state index is 13.6. The number of carbonyl (C=O) groups excluding carboxylic acids is 5. The Balaban J connectivity index is 3.44. The van der Waals surface area contributed by atoms with Crippen LogP contribution in [0.5, 0.6) is 0 Å². The Morgan fingerprint density at radius 2 is 1.74 bits per heavy atom. The summed E-state index contributed by atoms with van der Waals surface area (Å²) in [4.78, 5) is 63.8. The first-order valence-corrected chi connectivity index (χ1v) is 11.2. The van der Waals surface area contributed by atoms with Gasteiger partial charge < -0.3 is 30.7 Å². The number of esters is 1. The van der Waals surface area contributed by atoms with E-state index in [2.05, 4.69) is 15.4 Å². The highest BCUT2D eigenvalue weighted by atomic mass is 16.6. The predicted molar refractivity (Wildman–Crippen MR) is 128 cm³/mol.